The van der Waals surface area contributed by atoms with Crippen LogP contribution in [-0.2, 0) is 16.1 Å². The van der Waals surface area contributed by atoms with Crippen molar-refractivity contribution in [1.29, 1.82) is 0 Å². The molecule has 0 bridgehead atoms. The Kier molecular flexibility index (Phi) is 6.38. The van der Waals surface area contributed by atoms with Gasteiger partial charge in [-0.2, -0.15) is 0 Å². The first kappa shape index (κ1) is 23.2. The van der Waals surface area contributed by atoms with Crippen LogP contribution in [0.3, 0.4) is 0 Å². The number of hydrogen-bond acceptors (Lipinski definition) is 6. The first-order valence-corrected chi connectivity index (χ1v) is 12.2. The highest BCUT2D eigenvalue weighted by Gasteiger charge is 2.54. The van der Waals surface area contributed by atoms with E-state index in [1.165, 1.54) is 9.47 Å². The topological polar surface area (TPSA) is 121 Å². The van der Waals surface area contributed by atoms with Gasteiger partial charge in [-0.3, -0.25) is 23.9 Å². The molecule has 2 aliphatic heterocycles. The lowest BCUT2D eigenvalue weighted by Crippen LogP contribution is -2.53. The van der Waals surface area contributed by atoms with Gasteiger partial charge in [0.25, 0.3) is 11.5 Å². The van der Waals surface area contributed by atoms with E-state index in [0.717, 1.165) is 12.0 Å². The van der Waals surface area contributed by atoms with Crippen molar-refractivity contribution in [3.63, 3.8) is 0 Å². The van der Waals surface area contributed by atoms with Gasteiger partial charge in [-0.15, -0.1) is 11.8 Å². The van der Waals surface area contributed by atoms with E-state index in [1.54, 1.807) is 16.7 Å². The molecule has 0 aliphatic carbocycles. The maximum absolute atomic E-state index is 13.8. The number of unbranched alkanes of at least 4 members (excludes halogenated alkanes) is 1. The van der Waals surface area contributed by atoms with Crippen LogP contribution in [-0.4, -0.2) is 49.5 Å². The zero-order chi connectivity index (χ0) is 23.8. The first-order chi connectivity index (χ1) is 15.8. The summed E-state index contributed by atoms with van der Waals surface area (Å²) >= 11 is 1.59. The number of nitrogens with zero attached hydrogens (tertiary/aromatic N) is 3. The van der Waals surface area contributed by atoms with Crippen LogP contribution in [0.1, 0.15) is 45.1 Å². The van der Waals surface area contributed by atoms with Crippen LogP contribution < -0.4 is 21.9 Å². The smallest absolute Gasteiger partial charge is 0.330 e. The van der Waals surface area contributed by atoms with Crippen molar-refractivity contribution in [3.8, 4) is 0 Å². The van der Waals surface area contributed by atoms with Gasteiger partial charge in [0.05, 0.1) is 11.4 Å². The normalized spacial score (nSPS) is 21.9. The number of amides is 2. The molecule has 3 N–H and O–H groups in total. The molecule has 0 radical (unpaired) electrons. The maximum atomic E-state index is 13.8. The van der Waals surface area contributed by atoms with Gasteiger partial charge >= 0.3 is 5.69 Å². The molecule has 0 spiro atoms. The molecule has 2 aromatic rings. The summed E-state index contributed by atoms with van der Waals surface area (Å²) in [5, 5.41) is 0. The molecular weight excluding hydrogens is 442 g/mol. The van der Waals surface area contributed by atoms with E-state index < -0.39 is 22.2 Å². The number of nitrogens with one attached hydrogen (secondary N) is 1. The highest BCUT2D eigenvalue weighted by atomic mass is 32.2. The van der Waals surface area contributed by atoms with Crippen LogP contribution in [0.15, 0.2) is 39.9 Å². The second-order valence-corrected chi connectivity index (χ2v) is 10.2. The summed E-state index contributed by atoms with van der Waals surface area (Å²) in [6.45, 7) is 4.39. The van der Waals surface area contributed by atoms with Crippen LogP contribution >= 0.6 is 11.8 Å². The zero-order valence-corrected chi connectivity index (χ0v) is 19.7. The summed E-state index contributed by atoms with van der Waals surface area (Å²) in [6.07, 6.45) is 2.55. The van der Waals surface area contributed by atoms with Crippen LogP contribution in [0, 0.1) is 0 Å². The Hall–Kier alpha value is -3.01. The van der Waals surface area contributed by atoms with Crippen molar-refractivity contribution in [2.45, 2.75) is 57.0 Å². The van der Waals surface area contributed by atoms with E-state index >= 15 is 0 Å². The first-order valence-electron chi connectivity index (χ1n) is 11.2. The van der Waals surface area contributed by atoms with Crippen molar-refractivity contribution in [1.82, 2.24) is 14.5 Å². The molecule has 3 heterocycles. The Bertz CT molecular complexity index is 1180. The number of nitrogen functional groups attached to an aromatic ring is 1. The number of rotatable bonds is 7. The number of carbonyl (C=O) groups is 2. The number of aromatic amines is 1. The number of aromatic nitrogens is 2. The van der Waals surface area contributed by atoms with Gasteiger partial charge in [-0.05, 0) is 25.3 Å². The van der Waals surface area contributed by atoms with Gasteiger partial charge in [0.1, 0.15) is 11.9 Å². The van der Waals surface area contributed by atoms with Crippen molar-refractivity contribution in [3.05, 3.63) is 56.7 Å². The molecule has 2 amide bonds. The predicted molar refractivity (Wildman–Crippen MR) is 129 cm³/mol. The summed E-state index contributed by atoms with van der Waals surface area (Å²) in [6, 6.07) is 8.61. The Morgan fingerprint density at radius 2 is 2.00 bits per heavy atom. The lowest BCUT2D eigenvalue weighted by Gasteiger charge is -2.33. The molecule has 1 aromatic heterocycles. The fourth-order valence-electron chi connectivity index (χ4n) is 4.59. The molecule has 10 heteroatoms. The van der Waals surface area contributed by atoms with E-state index in [2.05, 4.69) is 4.98 Å². The molecule has 176 valence electrons. The van der Waals surface area contributed by atoms with Gasteiger partial charge in [0.15, 0.2) is 5.69 Å². The molecule has 2 atom stereocenters. The van der Waals surface area contributed by atoms with Crippen molar-refractivity contribution in [2.24, 2.45) is 0 Å². The number of benzene rings is 1. The van der Waals surface area contributed by atoms with Gasteiger partial charge in [0.2, 0.25) is 5.91 Å². The van der Waals surface area contributed by atoms with E-state index in [0.29, 0.717) is 25.0 Å². The van der Waals surface area contributed by atoms with Gasteiger partial charge in [0, 0.05) is 18.7 Å². The van der Waals surface area contributed by atoms with Crippen LogP contribution in [0.4, 0.5) is 11.5 Å². The zero-order valence-electron chi connectivity index (χ0n) is 18.9. The average Bonchev–Trinajstić information content (AvgIpc) is 3.29. The Balaban J connectivity index is 1.75. The van der Waals surface area contributed by atoms with E-state index in [4.69, 9.17) is 5.73 Å². The quantitative estimate of drug-likeness (QED) is 0.635. The summed E-state index contributed by atoms with van der Waals surface area (Å²) in [4.78, 5) is 56.8. The number of carbonyl (C=O) groups excluding carboxylic acids is 2. The fourth-order valence-corrected chi connectivity index (χ4v) is 6.02. The molecule has 4 rings (SSSR count). The minimum atomic E-state index is -0.701. The Morgan fingerprint density at radius 3 is 2.70 bits per heavy atom. The second-order valence-electron chi connectivity index (χ2n) is 8.67. The van der Waals surface area contributed by atoms with E-state index in [1.807, 2.05) is 44.2 Å². The van der Waals surface area contributed by atoms with Crippen LogP contribution in [0.2, 0.25) is 0 Å². The lowest BCUT2D eigenvalue weighted by atomic mass is 10.1. The maximum Gasteiger partial charge on any atom is 0.330 e. The van der Waals surface area contributed by atoms with Gasteiger partial charge in [-0.1, -0.05) is 43.7 Å². The van der Waals surface area contributed by atoms with Crippen molar-refractivity contribution < 1.29 is 9.59 Å². The second kappa shape index (κ2) is 9.09. The highest BCUT2D eigenvalue weighted by Crippen LogP contribution is 2.47. The molecule has 2 saturated heterocycles. The van der Waals surface area contributed by atoms with Crippen molar-refractivity contribution in [2.75, 3.05) is 22.9 Å². The van der Waals surface area contributed by atoms with Gasteiger partial charge in [-0.25, -0.2) is 4.79 Å². The third-order valence-corrected chi connectivity index (χ3v) is 7.90. The highest BCUT2D eigenvalue weighted by molar-refractivity contribution is 8.01. The number of thioether (sulfide) groups is 1. The van der Waals surface area contributed by atoms with Crippen LogP contribution in [0.5, 0.6) is 0 Å². The standard InChI is InChI=1S/C23H29N5O4S/c1-3-4-12-26(21(31)16-14-33-23(2)11-10-17(29)28(16)23)18-19(24)27(22(32)25-20(18)30)13-15-8-6-5-7-9-15/h5-9,16H,3-4,10-14,24H2,1-2H3,(H,25,30,32)/t16-,23-/m1/s1. The molecule has 0 unspecified atom stereocenters. The largest absolute Gasteiger partial charge is 0.383 e. The third-order valence-electron chi connectivity index (χ3n) is 6.40. The summed E-state index contributed by atoms with van der Waals surface area (Å²) in [5.41, 5.74) is 5.83. The predicted octanol–water partition coefficient (Wildman–Crippen LogP) is 1.75. The minimum Gasteiger partial charge on any atom is -0.383 e. The number of nitrogens with two attached hydrogens (primary N) is 1. The number of fused-ring (bicyclic) bond motifs is 1. The lowest BCUT2D eigenvalue weighted by molar-refractivity contribution is -0.136. The third kappa shape index (κ3) is 4.19. The Morgan fingerprint density at radius 1 is 1.27 bits per heavy atom. The van der Waals surface area contributed by atoms with Gasteiger partial charge < -0.3 is 15.5 Å². The van der Waals surface area contributed by atoms with E-state index in [9.17, 15) is 19.2 Å². The molecule has 2 fully saturated rings. The molecular formula is C23H29N5O4S. The SMILES string of the molecule is CCCCN(C(=O)[C@H]1CS[C@]2(C)CCC(=O)N12)c1c(N)n(Cc2ccccc2)c(=O)[nH]c1=O. The molecule has 0 saturated carbocycles. The fraction of sp³-hybridized carbons (Fsp3) is 0.478. The average molecular weight is 472 g/mol. The monoisotopic (exact) mass is 471 g/mol. The summed E-state index contributed by atoms with van der Waals surface area (Å²) < 4.78 is 1.27. The molecule has 33 heavy (non-hydrogen) atoms. The minimum absolute atomic E-state index is 0.0331. The number of anilines is 2. The molecule has 9 nitrogen and oxygen atoms in total. The Labute approximate surface area is 195 Å². The summed E-state index contributed by atoms with van der Waals surface area (Å²) in [5.74, 6) is 0.0213. The summed E-state index contributed by atoms with van der Waals surface area (Å²) in [7, 11) is 0. The molecule has 2 aliphatic rings. The number of hydrogen-bond donors (Lipinski definition) is 2. The molecule has 1 aromatic carbocycles. The van der Waals surface area contributed by atoms with Crippen molar-refractivity contribution >= 4 is 35.1 Å². The van der Waals surface area contributed by atoms with Crippen LogP contribution in [0.25, 0.3) is 0 Å². The number of H-pyrrole nitrogens is 1. The van der Waals surface area contributed by atoms with E-state index in [-0.39, 0.29) is 36.4 Å².